The van der Waals surface area contributed by atoms with Crippen molar-refractivity contribution < 1.29 is 9.50 Å². The van der Waals surface area contributed by atoms with Crippen LogP contribution in [0, 0.1) is 0 Å². The average Bonchev–Trinajstić information content (AvgIpc) is 1.65. The molecule has 0 aromatic carbocycles. The summed E-state index contributed by atoms with van der Waals surface area (Å²) in [5, 5.41) is 8.29. The van der Waals surface area contributed by atoms with Crippen molar-refractivity contribution in [2.45, 2.75) is 19.4 Å². The van der Waals surface area contributed by atoms with Gasteiger partial charge in [-0.15, -0.1) is 0 Å². The fourth-order valence-corrected chi connectivity index (χ4v) is 0.109. The standard InChI is InChI=1S/C4H9FO/c1-2-4(6)3-5/h4,6H,2-3H2,1H3/t4-/m0/s1. The second-order valence-electron chi connectivity index (χ2n) is 1.22. The molecule has 0 aliphatic carbocycles. The molecular weight excluding hydrogens is 83.0 g/mol. The molecule has 0 spiro atoms. The van der Waals surface area contributed by atoms with Gasteiger partial charge in [-0.25, -0.2) is 4.39 Å². The lowest BCUT2D eigenvalue weighted by molar-refractivity contribution is 0.136. The Kier molecular flexibility index (Phi) is 3.04. The molecule has 1 N–H and O–H groups in total. The van der Waals surface area contributed by atoms with Crippen LogP contribution in [0.5, 0.6) is 0 Å². The van der Waals surface area contributed by atoms with Gasteiger partial charge in [0.25, 0.3) is 0 Å². The molecule has 0 aromatic heterocycles. The van der Waals surface area contributed by atoms with Gasteiger partial charge in [-0.3, -0.25) is 0 Å². The van der Waals surface area contributed by atoms with Crippen LogP contribution < -0.4 is 0 Å². The topological polar surface area (TPSA) is 20.2 Å². The molecule has 0 unspecified atom stereocenters. The average molecular weight is 92.1 g/mol. The van der Waals surface area contributed by atoms with Crippen LogP contribution in [0.4, 0.5) is 4.39 Å². The second kappa shape index (κ2) is 3.09. The molecule has 0 fully saturated rings. The van der Waals surface area contributed by atoms with Gasteiger partial charge in [-0.2, -0.15) is 0 Å². The Balaban J connectivity index is 2.75. The first kappa shape index (κ1) is 5.89. The minimum atomic E-state index is -0.731. The smallest absolute Gasteiger partial charge is 0.115 e. The number of aliphatic hydroxyl groups is 1. The van der Waals surface area contributed by atoms with E-state index in [0.717, 1.165) is 0 Å². The molecule has 0 aliphatic heterocycles. The Labute approximate surface area is 36.8 Å². The molecule has 0 heterocycles. The summed E-state index contributed by atoms with van der Waals surface area (Å²) in [4.78, 5) is 0. The molecule has 2 heteroatoms. The van der Waals surface area contributed by atoms with E-state index in [1.165, 1.54) is 0 Å². The largest absolute Gasteiger partial charge is 0.390 e. The summed E-state index contributed by atoms with van der Waals surface area (Å²) in [5.74, 6) is 0. The lowest BCUT2D eigenvalue weighted by atomic mass is 10.3. The molecule has 38 valence electrons. The molecule has 0 saturated heterocycles. The van der Waals surface area contributed by atoms with Gasteiger partial charge in [0.15, 0.2) is 0 Å². The van der Waals surface area contributed by atoms with Crippen molar-refractivity contribution in [2.75, 3.05) is 6.67 Å². The molecule has 6 heavy (non-hydrogen) atoms. The maximum absolute atomic E-state index is 11.1. The van der Waals surface area contributed by atoms with Crippen LogP contribution in [-0.4, -0.2) is 17.9 Å². The van der Waals surface area contributed by atoms with E-state index < -0.39 is 12.8 Å². The van der Waals surface area contributed by atoms with Crippen molar-refractivity contribution in [3.63, 3.8) is 0 Å². The van der Waals surface area contributed by atoms with Crippen molar-refractivity contribution in [1.29, 1.82) is 0 Å². The zero-order valence-electron chi connectivity index (χ0n) is 3.82. The third kappa shape index (κ3) is 2.15. The second-order valence-corrected chi connectivity index (χ2v) is 1.22. The quantitative estimate of drug-likeness (QED) is 0.532. The highest BCUT2D eigenvalue weighted by Crippen LogP contribution is 1.87. The van der Waals surface area contributed by atoms with Crippen molar-refractivity contribution in [2.24, 2.45) is 0 Å². The van der Waals surface area contributed by atoms with Crippen LogP contribution in [0.25, 0.3) is 0 Å². The van der Waals surface area contributed by atoms with Crippen LogP contribution in [0.2, 0.25) is 0 Å². The lowest BCUT2D eigenvalue weighted by Gasteiger charge is -1.95. The third-order valence-corrected chi connectivity index (χ3v) is 0.649. The highest BCUT2D eigenvalue weighted by atomic mass is 19.1. The predicted molar refractivity (Wildman–Crippen MR) is 22.3 cm³/mol. The molecule has 0 aromatic rings. The number of hydrogen-bond donors (Lipinski definition) is 1. The van der Waals surface area contributed by atoms with E-state index in [1.54, 1.807) is 6.92 Å². The van der Waals surface area contributed by atoms with Gasteiger partial charge in [0.05, 0.1) is 6.10 Å². The summed E-state index contributed by atoms with van der Waals surface area (Å²) in [6.45, 7) is 1.13. The minimum Gasteiger partial charge on any atom is -0.390 e. The van der Waals surface area contributed by atoms with Crippen molar-refractivity contribution in [1.82, 2.24) is 0 Å². The van der Waals surface area contributed by atoms with Crippen LogP contribution in [0.15, 0.2) is 0 Å². The fourth-order valence-electron chi connectivity index (χ4n) is 0.109. The Bertz CT molecular complexity index is 26.7. The maximum atomic E-state index is 11.1. The van der Waals surface area contributed by atoms with Crippen molar-refractivity contribution >= 4 is 0 Å². The van der Waals surface area contributed by atoms with E-state index >= 15 is 0 Å². The molecule has 0 radical (unpaired) electrons. The van der Waals surface area contributed by atoms with E-state index in [-0.39, 0.29) is 0 Å². The zero-order chi connectivity index (χ0) is 4.99. The summed E-state index contributed by atoms with van der Waals surface area (Å²) in [6, 6.07) is 0. The highest BCUT2D eigenvalue weighted by molar-refractivity contribution is 4.44. The summed E-state index contributed by atoms with van der Waals surface area (Å²) in [5.41, 5.74) is 0. The molecule has 0 aliphatic rings. The van der Waals surface area contributed by atoms with Gasteiger partial charge in [0, 0.05) is 0 Å². The molecule has 0 rings (SSSR count). The number of alkyl halides is 1. The number of halogens is 1. The van der Waals surface area contributed by atoms with Crippen LogP contribution in [-0.2, 0) is 0 Å². The van der Waals surface area contributed by atoms with E-state index in [4.69, 9.17) is 5.11 Å². The van der Waals surface area contributed by atoms with E-state index in [9.17, 15) is 4.39 Å². The van der Waals surface area contributed by atoms with Gasteiger partial charge in [0.2, 0.25) is 0 Å². The zero-order valence-corrected chi connectivity index (χ0v) is 3.82. The van der Waals surface area contributed by atoms with Crippen LogP contribution in [0.1, 0.15) is 13.3 Å². The molecule has 0 bridgehead atoms. The van der Waals surface area contributed by atoms with Gasteiger partial charge in [-0.05, 0) is 6.42 Å². The Morgan fingerprint density at radius 3 is 2.33 bits per heavy atom. The van der Waals surface area contributed by atoms with Crippen molar-refractivity contribution in [3.05, 3.63) is 0 Å². The van der Waals surface area contributed by atoms with Crippen LogP contribution in [0.3, 0.4) is 0 Å². The summed E-state index contributed by atoms with van der Waals surface area (Å²) < 4.78 is 11.1. The third-order valence-electron chi connectivity index (χ3n) is 0.649. The fraction of sp³-hybridized carbons (Fsp3) is 1.00. The molecule has 0 amide bonds. The first-order valence-electron chi connectivity index (χ1n) is 2.05. The van der Waals surface area contributed by atoms with Crippen LogP contribution >= 0.6 is 0 Å². The first-order chi connectivity index (χ1) is 2.81. The van der Waals surface area contributed by atoms with Crippen molar-refractivity contribution in [3.8, 4) is 0 Å². The van der Waals surface area contributed by atoms with Gasteiger partial charge >= 0.3 is 0 Å². The molecule has 0 saturated carbocycles. The monoisotopic (exact) mass is 92.1 g/mol. The van der Waals surface area contributed by atoms with E-state index in [0.29, 0.717) is 6.42 Å². The Hall–Kier alpha value is -0.110. The normalized spacial score (nSPS) is 14.5. The highest BCUT2D eigenvalue weighted by Gasteiger charge is 1.94. The van der Waals surface area contributed by atoms with Gasteiger partial charge in [0.1, 0.15) is 6.67 Å². The Morgan fingerprint density at radius 2 is 2.33 bits per heavy atom. The molecule has 1 atom stereocenters. The van der Waals surface area contributed by atoms with Gasteiger partial charge < -0.3 is 5.11 Å². The number of rotatable bonds is 2. The summed E-state index contributed by atoms with van der Waals surface area (Å²) in [6.07, 6.45) is -0.221. The number of hydrogen-bond acceptors (Lipinski definition) is 1. The number of aliphatic hydroxyl groups excluding tert-OH is 1. The molecular formula is C4H9FO. The Morgan fingerprint density at radius 1 is 1.83 bits per heavy atom. The minimum absolute atomic E-state index is 0.510. The maximum Gasteiger partial charge on any atom is 0.115 e. The first-order valence-corrected chi connectivity index (χ1v) is 2.05. The van der Waals surface area contributed by atoms with E-state index in [2.05, 4.69) is 0 Å². The predicted octanol–water partition coefficient (Wildman–Crippen LogP) is 0.727. The van der Waals surface area contributed by atoms with Gasteiger partial charge in [-0.1, -0.05) is 6.92 Å². The summed E-state index contributed by atoms with van der Waals surface area (Å²) in [7, 11) is 0. The lowest BCUT2D eigenvalue weighted by Crippen LogP contribution is -2.05. The summed E-state index contributed by atoms with van der Waals surface area (Å²) >= 11 is 0. The SMILES string of the molecule is CC[C@H](O)CF. The molecule has 1 nitrogen and oxygen atoms in total. The van der Waals surface area contributed by atoms with E-state index in [1.807, 2.05) is 0 Å².